The molecule has 1 fully saturated rings. The molecule has 0 atom stereocenters. The first-order chi connectivity index (χ1) is 8.56. The monoisotopic (exact) mass is 270 g/mol. The van der Waals surface area contributed by atoms with Gasteiger partial charge in [-0.25, -0.2) is 4.79 Å². The summed E-state index contributed by atoms with van der Waals surface area (Å²) in [5.41, 5.74) is -0.718. The molecule has 5 heteroatoms. The largest absolute Gasteiger partial charge is 0.329 e. The zero-order valence-electron chi connectivity index (χ0n) is 10.6. The van der Waals surface area contributed by atoms with Crippen molar-refractivity contribution in [1.82, 2.24) is 9.55 Å². The Morgan fingerprint density at radius 1 is 1.33 bits per heavy atom. The second-order valence-corrected chi connectivity index (χ2v) is 5.73. The zero-order valence-corrected chi connectivity index (χ0v) is 11.4. The van der Waals surface area contributed by atoms with E-state index in [0.29, 0.717) is 12.5 Å². The Morgan fingerprint density at radius 2 is 2.00 bits per heavy atom. The summed E-state index contributed by atoms with van der Waals surface area (Å²) in [4.78, 5) is 25.7. The minimum absolute atomic E-state index is 0.104. The van der Waals surface area contributed by atoms with E-state index in [2.05, 4.69) is 11.9 Å². The third-order valence-corrected chi connectivity index (χ3v) is 4.09. The van der Waals surface area contributed by atoms with E-state index in [-0.39, 0.29) is 10.7 Å². The van der Waals surface area contributed by atoms with Gasteiger partial charge in [0.2, 0.25) is 0 Å². The molecule has 1 aromatic heterocycles. The Morgan fingerprint density at radius 3 is 2.61 bits per heavy atom. The summed E-state index contributed by atoms with van der Waals surface area (Å²) in [7, 11) is 0. The molecule has 2 rings (SSSR count). The van der Waals surface area contributed by atoms with Crippen LogP contribution in [0, 0.1) is 11.8 Å². The van der Waals surface area contributed by atoms with Crippen LogP contribution in [0.1, 0.15) is 39.0 Å². The average molecular weight is 271 g/mol. The van der Waals surface area contributed by atoms with Crippen LogP contribution in [-0.4, -0.2) is 9.55 Å². The van der Waals surface area contributed by atoms with Gasteiger partial charge in [0.15, 0.2) is 0 Å². The molecule has 1 heterocycles. The Labute approximate surface area is 111 Å². The minimum atomic E-state index is -0.406. The Balaban J connectivity index is 1.99. The van der Waals surface area contributed by atoms with Crippen molar-refractivity contribution in [2.75, 3.05) is 0 Å². The Hall–Kier alpha value is -1.03. The molecule has 1 N–H and O–H groups in total. The molecule has 0 radical (unpaired) electrons. The first-order valence-corrected chi connectivity index (χ1v) is 6.93. The third-order valence-electron chi connectivity index (χ3n) is 3.88. The Bertz CT molecular complexity index is 481. The van der Waals surface area contributed by atoms with Crippen LogP contribution >= 0.6 is 11.6 Å². The molecule has 1 aromatic rings. The summed E-state index contributed by atoms with van der Waals surface area (Å²) in [5.74, 6) is 1.46. The van der Waals surface area contributed by atoms with Crippen molar-refractivity contribution in [3.63, 3.8) is 0 Å². The van der Waals surface area contributed by atoms with Crippen molar-refractivity contribution >= 4 is 11.6 Å². The van der Waals surface area contributed by atoms with Gasteiger partial charge in [-0.1, -0.05) is 44.2 Å². The number of nitrogens with zero attached hydrogens (tertiary/aromatic N) is 1. The van der Waals surface area contributed by atoms with E-state index in [1.54, 1.807) is 0 Å². The fourth-order valence-electron chi connectivity index (χ4n) is 2.63. The molecule has 0 spiro atoms. The molecule has 0 saturated heterocycles. The lowest BCUT2D eigenvalue weighted by Gasteiger charge is -2.26. The van der Waals surface area contributed by atoms with E-state index >= 15 is 0 Å². The number of halogens is 1. The van der Waals surface area contributed by atoms with Crippen LogP contribution in [0.2, 0.25) is 5.15 Å². The van der Waals surface area contributed by atoms with E-state index in [1.807, 2.05) is 0 Å². The predicted molar refractivity (Wildman–Crippen MR) is 72.1 cm³/mol. The molecule has 18 heavy (non-hydrogen) atoms. The van der Waals surface area contributed by atoms with Crippen molar-refractivity contribution in [2.24, 2.45) is 11.8 Å². The minimum Gasteiger partial charge on any atom is -0.298 e. The van der Waals surface area contributed by atoms with Crippen LogP contribution in [0.4, 0.5) is 0 Å². The van der Waals surface area contributed by atoms with Gasteiger partial charge in [-0.2, -0.15) is 0 Å². The zero-order chi connectivity index (χ0) is 13.1. The highest BCUT2D eigenvalue weighted by molar-refractivity contribution is 6.29. The number of aromatic amines is 1. The second-order valence-electron chi connectivity index (χ2n) is 5.33. The summed E-state index contributed by atoms with van der Waals surface area (Å²) < 4.78 is 1.24. The summed E-state index contributed by atoms with van der Waals surface area (Å²) >= 11 is 5.62. The van der Waals surface area contributed by atoms with Gasteiger partial charge in [0.05, 0.1) is 0 Å². The molecule has 0 aliphatic heterocycles. The summed E-state index contributed by atoms with van der Waals surface area (Å²) in [6.07, 6.45) is 5.84. The maximum Gasteiger partial charge on any atom is 0.329 e. The molecular formula is C13H19ClN2O2. The lowest BCUT2D eigenvalue weighted by atomic mass is 9.81. The van der Waals surface area contributed by atoms with E-state index in [0.717, 1.165) is 12.3 Å². The van der Waals surface area contributed by atoms with Gasteiger partial charge in [0.25, 0.3) is 5.56 Å². The topological polar surface area (TPSA) is 54.9 Å². The van der Waals surface area contributed by atoms with Gasteiger partial charge in [-0.15, -0.1) is 0 Å². The van der Waals surface area contributed by atoms with E-state index in [9.17, 15) is 9.59 Å². The summed E-state index contributed by atoms with van der Waals surface area (Å²) in [6, 6.07) is 1.26. The fraction of sp³-hybridized carbons (Fsp3) is 0.692. The first-order valence-electron chi connectivity index (χ1n) is 6.56. The van der Waals surface area contributed by atoms with Crippen LogP contribution in [0.25, 0.3) is 0 Å². The van der Waals surface area contributed by atoms with Crippen LogP contribution in [0.15, 0.2) is 15.7 Å². The van der Waals surface area contributed by atoms with Gasteiger partial charge < -0.3 is 0 Å². The van der Waals surface area contributed by atoms with E-state index in [1.165, 1.54) is 36.3 Å². The van der Waals surface area contributed by atoms with Crippen LogP contribution in [-0.2, 0) is 6.54 Å². The molecule has 100 valence electrons. The fourth-order valence-corrected chi connectivity index (χ4v) is 2.81. The summed E-state index contributed by atoms with van der Waals surface area (Å²) in [5, 5.41) is 0.104. The summed E-state index contributed by atoms with van der Waals surface area (Å²) in [6.45, 7) is 2.77. The maximum absolute atomic E-state index is 11.6. The van der Waals surface area contributed by atoms with E-state index in [4.69, 9.17) is 11.6 Å². The number of H-pyrrole nitrogens is 1. The van der Waals surface area contributed by atoms with Gasteiger partial charge >= 0.3 is 5.69 Å². The molecule has 0 amide bonds. The number of hydrogen-bond donors (Lipinski definition) is 1. The normalized spacial score (nSPS) is 24.1. The van der Waals surface area contributed by atoms with Crippen LogP contribution < -0.4 is 11.2 Å². The number of hydrogen-bond acceptors (Lipinski definition) is 2. The second kappa shape index (κ2) is 5.74. The molecule has 1 aliphatic carbocycles. The third kappa shape index (κ3) is 3.25. The SMILES string of the molecule is CC1CCC(CCn2c(=O)cc(Cl)[nH]c2=O)CC1. The Kier molecular flexibility index (Phi) is 4.27. The highest BCUT2D eigenvalue weighted by atomic mass is 35.5. The van der Waals surface area contributed by atoms with Crippen LogP contribution in [0.3, 0.4) is 0 Å². The highest BCUT2D eigenvalue weighted by Gasteiger charge is 2.18. The quantitative estimate of drug-likeness (QED) is 0.858. The van der Waals surface area contributed by atoms with Gasteiger partial charge in [0.1, 0.15) is 5.15 Å². The predicted octanol–water partition coefficient (Wildman–Crippen LogP) is 2.41. The van der Waals surface area contributed by atoms with Crippen molar-refractivity contribution in [3.8, 4) is 0 Å². The first kappa shape index (κ1) is 13.4. The van der Waals surface area contributed by atoms with Gasteiger partial charge in [-0.3, -0.25) is 14.3 Å². The standard InChI is InChI=1S/C13H19ClN2O2/c1-9-2-4-10(5-3-9)6-7-16-12(17)8-11(14)15-13(16)18/h8-10H,2-7H2,1H3,(H,15,18). The molecule has 1 saturated carbocycles. The number of aromatic nitrogens is 2. The maximum atomic E-state index is 11.6. The van der Waals surface area contributed by atoms with Crippen molar-refractivity contribution in [2.45, 2.75) is 45.6 Å². The molecule has 1 aliphatic rings. The highest BCUT2D eigenvalue weighted by Crippen LogP contribution is 2.30. The molecule has 0 bridgehead atoms. The lowest BCUT2D eigenvalue weighted by molar-refractivity contribution is 0.267. The van der Waals surface area contributed by atoms with Crippen molar-refractivity contribution < 1.29 is 0 Å². The number of nitrogens with one attached hydrogen (secondary N) is 1. The van der Waals surface area contributed by atoms with Crippen molar-refractivity contribution in [3.05, 3.63) is 32.1 Å². The van der Waals surface area contributed by atoms with Crippen molar-refractivity contribution in [1.29, 1.82) is 0 Å². The molecule has 4 nitrogen and oxygen atoms in total. The average Bonchev–Trinajstić information content (AvgIpc) is 2.30. The molecule has 0 aromatic carbocycles. The van der Waals surface area contributed by atoms with Gasteiger partial charge in [0, 0.05) is 12.6 Å². The van der Waals surface area contributed by atoms with Gasteiger partial charge in [-0.05, 0) is 18.3 Å². The number of rotatable bonds is 3. The lowest BCUT2D eigenvalue weighted by Crippen LogP contribution is -2.35. The van der Waals surface area contributed by atoms with E-state index < -0.39 is 5.69 Å². The smallest absolute Gasteiger partial charge is 0.298 e. The van der Waals surface area contributed by atoms with Crippen LogP contribution in [0.5, 0.6) is 0 Å². The molecule has 0 unspecified atom stereocenters. The molecular weight excluding hydrogens is 252 g/mol.